The Morgan fingerprint density at radius 1 is 0.480 bits per heavy atom. The number of imidazole rings is 1. The number of aromatic nitrogens is 2. The number of hydrogen-bond acceptors (Lipinski definition) is 1. The third kappa shape index (κ3) is 3.55. The molecule has 1 spiro atoms. The molecule has 11 rings (SSSR count). The average molecular weight is 637 g/mol. The Morgan fingerprint density at radius 2 is 1.16 bits per heavy atom. The summed E-state index contributed by atoms with van der Waals surface area (Å²) < 4.78 is 2.32. The zero-order valence-electron chi connectivity index (χ0n) is 27.7. The molecule has 0 fully saturated rings. The Labute approximate surface area is 290 Å². The van der Waals surface area contributed by atoms with Gasteiger partial charge in [0.25, 0.3) is 0 Å². The molecule has 8 aromatic carbocycles. The molecule has 0 N–H and O–H groups in total. The Bertz CT molecular complexity index is 2830. The lowest BCUT2D eigenvalue weighted by Gasteiger charge is -2.31. The van der Waals surface area contributed by atoms with Gasteiger partial charge in [0.05, 0.1) is 16.4 Å². The van der Waals surface area contributed by atoms with Gasteiger partial charge in [0.15, 0.2) is 0 Å². The number of aryl methyl sites for hydroxylation is 1. The highest BCUT2D eigenvalue weighted by molar-refractivity contribution is 6.07. The highest BCUT2D eigenvalue weighted by Crippen LogP contribution is 2.64. The van der Waals surface area contributed by atoms with Crippen LogP contribution in [0.15, 0.2) is 164 Å². The van der Waals surface area contributed by atoms with Gasteiger partial charge in [0, 0.05) is 12.1 Å². The normalized spacial score (nSPS) is 13.5. The summed E-state index contributed by atoms with van der Waals surface area (Å²) >= 11 is 0. The van der Waals surface area contributed by atoms with E-state index < -0.39 is 5.41 Å². The molecule has 0 saturated carbocycles. The molecule has 0 aliphatic heterocycles. The SMILES string of the molecule is CCn1c(-c2cccc(-c3ccc4c5c(ccc4c3)-c3cc4ccccc4cc3C53c4ccccc4-c4ccccc43)c2)nc2ccccc21. The second-order valence-electron chi connectivity index (χ2n) is 13.8. The van der Waals surface area contributed by atoms with Crippen molar-refractivity contribution in [1.82, 2.24) is 9.55 Å². The largest absolute Gasteiger partial charge is 0.324 e. The van der Waals surface area contributed by atoms with Gasteiger partial charge < -0.3 is 4.57 Å². The van der Waals surface area contributed by atoms with Crippen LogP contribution in [0.3, 0.4) is 0 Å². The monoisotopic (exact) mass is 636 g/mol. The molecular formula is C48H32N2. The van der Waals surface area contributed by atoms with E-state index in [4.69, 9.17) is 4.98 Å². The fourth-order valence-electron chi connectivity index (χ4n) is 9.29. The predicted molar refractivity (Wildman–Crippen MR) is 208 cm³/mol. The van der Waals surface area contributed by atoms with E-state index >= 15 is 0 Å². The molecular weight excluding hydrogens is 605 g/mol. The zero-order valence-corrected chi connectivity index (χ0v) is 27.7. The van der Waals surface area contributed by atoms with Crippen LogP contribution in [0.5, 0.6) is 0 Å². The molecule has 2 aliphatic carbocycles. The van der Waals surface area contributed by atoms with Crippen LogP contribution in [-0.4, -0.2) is 9.55 Å². The van der Waals surface area contributed by atoms with Crippen molar-refractivity contribution in [3.63, 3.8) is 0 Å². The van der Waals surface area contributed by atoms with Crippen molar-refractivity contribution < 1.29 is 0 Å². The molecule has 1 heterocycles. The molecule has 9 aromatic rings. The van der Waals surface area contributed by atoms with Crippen LogP contribution in [0.4, 0.5) is 0 Å². The van der Waals surface area contributed by atoms with Gasteiger partial charge in [-0.15, -0.1) is 0 Å². The lowest BCUT2D eigenvalue weighted by atomic mass is 9.69. The molecule has 2 aliphatic rings. The van der Waals surface area contributed by atoms with E-state index in [-0.39, 0.29) is 0 Å². The highest BCUT2D eigenvalue weighted by Gasteiger charge is 2.52. The van der Waals surface area contributed by atoms with Crippen LogP contribution in [-0.2, 0) is 12.0 Å². The van der Waals surface area contributed by atoms with Crippen molar-refractivity contribution >= 4 is 32.6 Å². The number of para-hydroxylation sites is 2. The number of fused-ring (bicyclic) bond motifs is 14. The fraction of sp³-hybridized carbons (Fsp3) is 0.0625. The minimum absolute atomic E-state index is 0.401. The van der Waals surface area contributed by atoms with Crippen LogP contribution in [0.1, 0.15) is 29.2 Å². The van der Waals surface area contributed by atoms with E-state index in [9.17, 15) is 0 Å². The first-order valence-corrected chi connectivity index (χ1v) is 17.6. The fourth-order valence-corrected chi connectivity index (χ4v) is 9.29. The summed E-state index contributed by atoms with van der Waals surface area (Å²) in [6.45, 7) is 3.06. The Balaban J connectivity index is 1.15. The van der Waals surface area contributed by atoms with E-state index in [0.717, 1.165) is 23.4 Å². The number of rotatable bonds is 3. The molecule has 0 saturated heterocycles. The molecule has 0 bridgehead atoms. The minimum Gasteiger partial charge on any atom is -0.324 e. The van der Waals surface area contributed by atoms with Gasteiger partial charge in [-0.1, -0.05) is 127 Å². The summed E-state index contributed by atoms with van der Waals surface area (Å²) in [5.41, 5.74) is 16.2. The summed E-state index contributed by atoms with van der Waals surface area (Å²) in [6, 6.07) is 61.0. The number of hydrogen-bond donors (Lipinski definition) is 0. The quantitative estimate of drug-likeness (QED) is 0.189. The van der Waals surface area contributed by atoms with Crippen LogP contribution in [0.25, 0.3) is 77.3 Å². The van der Waals surface area contributed by atoms with Crippen LogP contribution in [0.2, 0.25) is 0 Å². The maximum absolute atomic E-state index is 5.06. The summed E-state index contributed by atoms with van der Waals surface area (Å²) in [5, 5.41) is 5.12. The van der Waals surface area contributed by atoms with Crippen molar-refractivity contribution in [2.24, 2.45) is 0 Å². The third-order valence-electron chi connectivity index (χ3n) is 11.4. The smallest absolute Gasteiger partial charge is 0.141 e. The summed E-state index contributed by atoms with van der Waals surface area (Å²) in [5.74, 6) is 1.01. The summed E-state index contributed by atoms with van der Waals surface area (Å²) in [6.07, 6.45) is 0. The maximum atomic E-state index is 5.06. The molecule has 0 radical (unpaired) electrons. The van der Waals surface area contributed by atoms with Crippen molar-refractivity contribution in [2.75, 3.05) is 0 Å². The summed E-state index contributed by atoms with van der Waals surface area (Å²) in [7, 11) is 0. The zero-order chi connectivity index (χ0) is 33.0. The van der Waals surface area contributed by atoms with Gasteiger partial charge in [-0.05, 0) is 121 Å². The Kier molecular flexibility index (Phi) is 5.61. The standard InChI is InChI=1S/C48H32N2/c1-2-50-45-21-10-9-20-44(45)49-47(50)35-15-11-14-30(27-35)33-22-24-36-34(26-33)23-25-39-40-28-31-12-3-4-13-32(31)29-43(40)48(46(36)39)41-18-7-5-16-37(41)38-17-6-8-19-42(38)48/h3-29H,2H2,1H3. The lowest BCUT2D eigenvalue weighted by Crippen LogP contribution is -2.26. The molecule has 2 heteroatoms. The van der Waals surface area contributed by atoms with Crippen molar-refractivity contribution in [1.29, 1.82) is 0 Å². The van der Waals surface area contributed by atoms with Crippen LogP contribution in [0, 0.1) is 0 Å². The highest BCUT2D eigenvalue weighted by atomic mass is 15.1. The van der Waals surface area contributed by atoms with Gasteiger partial charge in [-0.3, -0.25) is 0 Å². The molecule has 2 nitrogen and oxygen atoms in total. The first-order valence-electron chi connectivity index (χ1n) is 17.6. The van der Waals surface area contributed by atoms with Gasteiger partial charge in [-0.2, -0.15) is 0 Å². The second-order valence-corrected chi connectivity index (χ2v) is 13.8. The lowest BCUT2D eigenvalue weighted by molar-refractivity contribution is 0.796. The van der Waals surface area contributed by atoms with Gasteiger partial charge in [0.1, 0.15) is 5.82 Å². The molecule has 50 heavy (non-hydrogen) atoms. The molecule has 0 atom stereocenters. The van der Waals surface area contributed by atoms with E-state index in [2.05, 4.69) is 175 Å². The Morgan fingerprint density at radius 3 is 1.96 bits per heavy atom. The third-order valence-corrected chi connectivity index (χ3v) is 11.4. The molecule has 234 valence electrons. The van der Waals surface area contributed by atoms with Crippen molar-refractivity contribution in [2.45, 2.75) is 18.9 Å². The summed E-state index contributed by atoms with van der Waals surface area (Å²) in [4.78, 5) is 5.06. The topological polar surface area (TPSA) is 17.8 Å². The van der Waals surface area contributed by atoms with Crippen LogP contribution >= 0.6 is 0 Å². The maximum Gasteiger partial charge on any atom is 0.141 e. The van der Waals surface area contributed by atoms with E-state index in [1.165, 1.54) is 82.7 Å². The van der Waals surface area contributed by atoms with Gasteiger partial charge >= 0.3 is 0 Å². The average Bonchev–Trinajstić information content (AvgIpc) is 3.81. The number of benzene rings is 8. The molecule has 1 aromatic heterocycles. The first kappa shape index (κ1) is 27.7. The minimum atomic E-state index is -0.401. The van der Waals surface area contributed by atoms with E-state index in [1.54, 1.807) is 0 Å². The Hall–Kier alpha value is -6.25. The van der Waals surface area contributed by atoms with Gasteiger partial charge in [-0.25, -0.2) is 4.98 Å². The van der Waals surface area contributed by atoms with E-state index in [1.807, 2.05) is 0 Å². The number of nitrogens with zero attached hydrogens (tertiary/aromatic N) is 2. The molecule has 0 unspecified atom stereocenters. The van der Waals surface area contributed by atoms with Crippen molar-refractivity contribution in [3.8, 4) is 44.8 Å². The van der Waals surface area contributed by atoms with Crippen molar-refractivity contribution in [3.05, 3.63) is 186 Å². The van der Waals surface area contributed by atoms with E-state index in [0.29, 0.717) is 0 Å². The van der Waals surface area contributed by atoms with Gasteiger partial charge in [0.2, 0.25) is 0 Å². The molecule has 0 amide bonds. The van der Waals surface area contributed by atoms with Crippen LogP contribution < -0.4 is 0 Å². The second kappa shape index (κ2) is 10.1. The first-order chi connectivity index (χ1) is 24.7. The predicted octanol–water partition coefficient (Wildman–Crippen LogP) is 12.0.